The molecule has 0 saturated carbocycles. The molecule has 1 unspecified atom stereocenters. The molecule has 0 amide bonds. The largest absolute Gasteiger partial charge is 0.381 e. The number of aryl methyl sites for hydroxylation is 1. The summed E-state index contributed by atoms with van der Waals surface area (Å²) in [7, 11) is 0. The number of hydrogen-bond acceptors (Lipinski definition) is 4. The van der Waals surface area contributed by atoms with Crippen molar-refractivity contribution in [1.82, 2.24) is 4.90 Å². The van der Waals surface area contributed by atoms with Crippen LogP contribution in [0.15, 0.2) is 17.1 Å². The van der Waals surface area contributed by atoms with E-state index in [1.54, 1.807) is 0 Å². The maximum Gasteiger partial charge on any atom is 0.0492 e. The molecule has 28 heavy (non-hydrogen) atoms. The molecule has 1 aromatic heterocycles. The van der Waals surface area contributed by atoms with Crippen LogP contribution in [0.2, 0.25) is 4.87 Å². The van der Waals surface area contributed by atoms with Crippen LogP contribution in [0, 0.1) is 12.8 Å². The molecule has 0 aromatic carbocycles. The van der Waals surface area contributed by atoms with Gasteiger partial charge in [0.15, 0.2) is 0 Å². The van der Waals surface area contributed by atoms with Gasteiger partial charge in [0.2, 0.25) is 0 Å². The first-order valence-corrected chi connectivity index (χ1v) is 14.6. The summed E-state index contributed by atoms with van der Waals surface area (Å²) in [5.74, 6) is 2.89. The number of hydrogen-bond donors (Lipinski definition) is 0. The van der Waals surface area contributed by atoms with Crippen LogP contribution in [0.5, 0.6) is 0 Å². The first kappa shape index (κ1) is 25.6. The van der Waals surface area contributed by atoms with Crippen molar-refractivity contribution in [3.05, 3.63) is 29.7 Å². The van der Waals surface area contributed by atoms with Gasteiger partial charge in [0.05, 0.1) is 0 Å². The zero-order valence-electron chi connectivity index (χ0n) is 18.8. The van der Waals surface area contributed by atoms with Crippen LogP contribution >= 0.6 is 0 Å². The molecule has 3 rings (SSSR count). The molecule has 4 nitrogen and oxygen atoms in total. The summed E-state index contributed by atoms with van der Waals surface area (Å²) in [5.41, 5.74) is 2.36. The molecule has 0 aliphatic carbocycles. The van der Waals surface area contributed by atoms with Crippen molar-refractivity contribution in [2.24, 2.45) is 5.92 Å². The van der Waals surface area contributed by atoms with Crippen molar-refractivity contribution in [2.75, 3.05) is 39.5 Å². The Hall–Kier alpha value is -0.412. The molecule has 5 heteroatoms. The second-order valence-corrected chi connectivity index (χ2v) is 9.58. The Kier molecular flexibility index (Phi) is 13.3. The SMILES string of the molecule is C=C(CCC)c1cc(C)c([C](=[Sb][CH3])N2CCOCC2)o1.CC.CC1CCOC1. The third-order valence-corrected chi connectivity index (χ3v) is 7.30. The van der Waals surface area contributed by atoms with E-state index < -0.39 is 21.1 Å². The molecule has 2 fully saturated rings. The van der Waals surface area contributed by atoms with Crippen LogP contribution in [-0.4, -0.2) is 69.1 Å². The van der Waals surface area contributed by atoms with E-state index in [0.29, 0.717) is 0 Å². The number of ether oxygens (including phenoxy) is 2. The van der Waals surface area contributed by atoms with Crippen LogP contribution in [0.4, 0.5) is 0 Å². The van der Waals surface area contributed by atoms with Gasteiger partial charge in [-0.25, -0.2) is 0 Å². The van der Waals surface area contributed by atoms with Crippen LogP contribution in [0.3, 0.4) is 0 Å². The maximum absolute atomic E-state index is 6.15. The average molecular weight is 500 g/mol. The van der Waals surface area contributed by atoms with E-state index in [1.807, 2.05) is 13.8 Å². The molecule has 0 spiro atoms. The number of morpholine rings is 1. The van der Waals surface area contributed by atoms with Crippen molar-refractivity contribution in [1.29, 1.82) is 0 Å². The van der Waals surface area contributed by atoms with Gasteiger partial charge in [-0.3, -0.25) is 0 Å². The van der Waals surface area contributed by atoms with Crippen LogP contribution in [-0.2, 0) is 9.47 Å². The molecule has 2 aliphatic rings. The van der Waals surface area contributed by atoms with Crippen molar-refractivity contribution in [3.63, 3.8) is 0 Å². The smallest absolute Gasteiger partial charge is 0.0492 e. The second-order valence-electron chi connectivity index (χ2n) is 7.09. The zero-order valence-corrected chi connectivity index (χ0v) is 21.4. The third kappa shape index (κ3) is 8.14. The van der Waals surface area contributed by atoms with E-state index in [-0.39, 0.29) is 0 Å². The number of rotatable bonds is 5. The van der Waals surface area contributed by atoms with Gasteiger partial charge in [-0.05, 0) is 12.3 Å². The Morgan fingerprint density at radius 2 is 1.89 bits per heavy atom. The molecule has 160 valence electrons. The van der Waals surface area contributed by atoms with Gasteiger partial charge >= 0.3 is 132 Å². The van der Waals surface area contributed by atoms with E-state index in [1.165, 1.54) is 15.6 Å². The average Bonchev–Trinajstić information content (AvgIpc) is 3.35. The number of allylic oxidation sites excluding steroid dienone is 1. The monoisotopic (exact) mass is 499 g/mol. The minimum absolute atomic E-state index is 0.398. The van der Waals surface area contributed by atoms with Gasteiger partial charge in [0, 0.05) is 13.2 Å². The van der Waals surface area contributed by atoms with E-state index in [9.17, 15) is 0 Å². The van der Waals surface area contributed by atoms with E-state index in [0.717, 1.165) is 75.4 Å². The van der Waals surface area contributed by atoms with Gasteiger partial charge in [0.1, 0.15) is 0 Å². The first-order chi connectivity index (χ1) is 13.6. The zero-order chi connectivity index (χ0) is 20.9. The fourth-order valence-electron chi connectivity index (χ4n) is 3.12. The fourth-order valence-corrected chi connectivity index (χ4v) is 5.71. The molecule has 1 aromatic rings. The Morgan fingerprint density at radius 3 is 2.36 bits per heavy atom. The molecule has 0 bridgehead atoms. The van der Waals surface area contributed by atoms with Crippen LogP contribution < -0.4 is 0 Å². The quantitative estimate of drug-likeness (QED) is 0.532. The molecular weight excluding hydrogens is 460 g/mol. The standard InChI is InChI=1S/C15H21NO2.C5H10O.C2H6.CH3.Sb/c1-4-5-12(2)14-10-13(3)15(18-14)11-16-6-8-17-9-7-16;1-5-2-3-6-4-5;1-2;;/h10H,2,4-9H2,1,3H3;5H,2-4H2,1H3;1-2H3;1H3;. The molecule has 2 saturated heterocycles. The van der Waals surface area contributed by atoms with E-state index >= 15 is 0 Å². The third-order valence-electron chi connectivity index (χ3n) is 4.70. The molecule has 2 aliphatic heterocycles. The Bertz CT molecular complexity index is 597. The minimum atomic E-state index is -0.398. The molecule has 0 radical (unpaired) electrons. The predicted molar refractivity (Wildman–Crippen MR) is 121 cm³/mol. The summed E-state index contributed by atoms with van der Waals surface area (Å²) >= 11 is -0.398. The van der Waals surface area contributed by atoms with Crippen molar-refractivity contribution in [3.8, 4) is 0 Å². The summed E-state index contributed by atoms with van der Waals surface area (Å²) in [6.07, 6.45) is 3.38. The van der Waals surface area contributed by atoms with Gasteiger partial charge < -0.3 is 4.74 Å². The molecule has 3 heterocycles. The molecule has 0 N–H and O–H groups in total. The van der Waals surface area contributed by atoms with Gasteiger partial charge in [-0.1, -0.05) is 20.8 Å². The number of furan rings is 1. The molecular formula is C23H40NO3Sb. The number of nitrogens with zero attached hydrogens (tertiary/aromatic N) is 1. The van der Waals surface area contributed by atoms with Gasteiger partial charge in [-0.15, -0.1) is 0 Å². The van der Waals surface area contributed by atoms with E-state index in [4.69, 9.17) is 13.9 Å². The summed E-state index contributed by atoms with van der Waals surface area (Å²) in [4.78, 5) is 4.80. The van der Waals surface area contributed by atoms with Crippen LogP contribution in [0.25, 0.3) is 5.57 Å². The molecule has 1 atom stereocenters. The summed E-state index contributed by atoms with van der Waals surface area (Å²) in [5, 5.41) is 0. The predicted octanol–water partition coefficient (Wildman–Crippen LogP) is 5.03. The Morgan fingerprint density at radius 1 is 1.21 bits per heavy atom. The fraction of sp³-hybridized carbons (Fsp3) is 0.696. The minimum Gasteiger partial charge on any atom is -0.381 e. The topological polar surface area (TPSA) is 34.8 Å². The van der Waals surface area contributed by atoms with Crippen molar-refractivity contribution >= 4 is 30.3 Å². The Labute approximate surface area is 182 Å². The van der Waals surface area contributed by atoms with Crippen LogP contribution in [0.1, 0.15) is 64.0 Å². The van der Waals surface area contributed by atoms with Crippen molar-refractivity contribution < 1.29 is 13.9 Å². The summed E-state index contributed by atoms with van der Waals surface area (Å²) in [6.45, 7) is 20.3. The van der Waals surface area contributed by atoms with Gasteiger partial charge in [-0.2, -0.15) is 0 Å². The Balaban J connectivity index is 0.000000411. The van der Waals surface area contributed by atoms with E-state index in [2.05, 4.69) is 43.2 Å². The summed E-state index contributed by atoms with van der Waals surface area (Å²) < 4.78 is 18.1. The first-order valence-electron chi connectivity index (χ1n) is 10.7. The maximum atomic E-state index is 6.15. The normalized spacial score (nSPS) is 20.1. The van der Waals surface area contributed by atoms with Gasteiger partial charge in [0.25, 0.3) is 0 Å². The van der Waals surface area contributed by atoms with Crippen molar-refractivity contribution in [2.45, 2.75) is 58.8 Å². The second kappa shape index (κ2) is 14.6. The summed E-state index contributed by atoms with van der Waals surface area (Å²) in [6, 6.07) is 2.15.